The molecule has 2 heterocycles. The summed E-state index contributed by atoms with van der Waals surface area (Å²) in [6.45, 7) is 2.55. The van der Waals surface area contributed by atoms with Crippen molar-refractivity contribution >= 4 is 17.1 Å². The number of carboxylic acid groups (broad SMARTS) is 1. The van der Waals surface area contributed by atoms with E-state index in [9.17, 15) is 14.7 Å². The Labute approximate surface area is 145 Å². The monoisotopic (exact) mass is 336 g/mol. The summed E-state index contributed by atoms with van der Waals surface area (Å²) in [5, 5.41) is 9.36. The highest BCUT2D eigenvalue weighted by Crippen LogP contribution is 2.43. The summed E-state index contributed by atoms with van der Waals surface area (Å²) >= 11 is 0. The fourth-order valence-electron chi connectivity index (χ4n) is 3.71. The summed E-state index contributed by atoms with van der Waals surface area (Å²) in [6.07, 6.45) is 8.75. The van der Waals surface area contributed by atoms with Gasteiger partial charge in [-0.05, 0) is 66.5 Å². The van der Waals surface area contributed by atoms with Gasteiger partial charge in [0.05, 0.1) is 5.52 Å². The van der Waals surface area contributed by atoms with Crippen LogP contribution in [0, 0.1) is 6.92 Å². The average molecular weight is 336 g/mol. The average Bonchev–Trinajstić information content (AvgIpc) is 3.32. The molecule has 0 atom stereocenters. The molecule has 25 heavy (non-hydrogen) atoms. The molecule has 0 aliphatic heterocycles. The van der Waals surface area contributed by atoms with Crippen LogP contribution in [0.1, 0.15) is 52.2 Å². The maximum atomic E-state index is 12.6. The van der Waals surface area contributed by atoms with Crippen molar-refractivity contribution in [3.05, 3.63) is 68.7 Å². The molecule has 2 aromatic heterocycles. The molecule has 2 aromatic rings. The van der Waals surface area contributed by atoms with Gasteiger partial charge in [-0.25, -0.2) is 4.79 Å². The molecule has 0 spiro atoms. The Morgan fingerprint density at radius 2 is 2.12 bits per heavy atom. The van der Waals surface area contributed by atoms with Crippen LogP contribution in [0.25, 0.3) is 11.1 Å². The Bertz CT molecular complexity index is 1020. The Morgan fingerprint density at radius 1 is 1.36 bits per heavy atom. The van der Waals surface area contributed by atoms with E-state index in [-0.39, 0.29) is 5.56 Å². The molecule has 128 valence electrons. The summed E-state index contributed by atoms with van der Waals surface area (Å²) in [6, 6.07) is 3.49. The lowest BCUT2D eigenvalue weighted by Crippen LogP contribution is -2.23. The molecule has 1 saturated carbocycles. The molecule has 5 heteroatoms. The maximum absolute atomic E-state index is 12.6. The summed E-state index contributed by atoms with van der Waals surface area (Å²) in [4.78, 5) is 24.0. The number of carbonyl (C=O) groups is 1. The summed E-state index contributed by atoms with van der Waals surface area (Å²) in [5.41, 5.74) is 11.5. The molecule has 1 fully saturated rings. The summed E-state index contributed by atoms with van der Waals surface area (Å²) in [7, 11) is 0. The van der Waals surface area contributed by atoms with E-state index in [0.717, 1.165) is 41.5 Å². The van der Waals surface area contributed by atoms with E-state index in [0.29, 0.717) is 12.5 Å². The highest BCUT2D eigenvalue weighted by molar-refractivity contribution is 5.89. The third kappa shape index (κ3) is 2.51. The zero-order valence-corrected chi connectivity index (χ0v) is 14.1. The predicted molar refractivity (Wildman–Crippen MR) is 97.1 cm³/mol. The smallest absolute Gasteiger partial charge is 0.341 e. The molecule has 0 saturated heterocycles. The Kier molecular flexibility index (Phi) is 3.62. The van der Waals surface area contributed by atoms with Gasteiger partial charge in [-0.3, -0.25) is 9.20 Å². The van der Waals surface area contributed by atoms with Crippen molar-refractivity contribution in [3.8, 4) is 0 Å². The molecule has 0 amide bonds. The van der Waals surface area contributed by atoms with Crippen LogP contribution in [-0.2, 0) is 0 Å². The van der Waals surface area contributed by atoms with Crippen LogP contribution >= 0.6 is 0 Å². The number of aryl methyl sites for hydroxylation is 1. The standard InChI is InChI=1S/C20H20N2O3/c1-11-15(14-3-2-12(8-14)10-21)6-7-22-18(11)16(13-4-5-13)9-17(19(22)23)20(24)25/h2-3,6-7,9,13H,4-5,8,10,21H2,1H3,(H,24,25). The number of carboxylic acids is 1. The van der Waals surface area contributed by atoms with Crippen molar-refractivity contribution in [2.24, 2.45) is 5.73 Å². The van der Waals surface area contributed by atoms with Gasteiger partial charge < -0.3 is 10.8 Å². The Morgan fingerprint density at radius 3 is 2.72 bits per heavy atom. The molecule has 4 rings (SSSR count). The number of aromatic nitrogens is 1. The first-order chi connectivity index (χ1) is 12.0. The van der Waals surface area contributed by atoms with E-state index >= 15 is 0 Å². The van der Waals surface area contributed by atoms with Crippen molar-refractivity contribution in [1.82, 2.24) is 4.40 Å². The van der Waals surface area contributed by atoms with Crippen LogP contribution in [-0.4, -0.2) is 22.0 Å². The number of hydrogen-bond acceptors (Lipinski definition) is 3. The summed E-state index contributed by atoms with van der Waals surface area (Å²) < 4.78 is 1.50. The van der Waals surface area contributed by atoms with Crippen molar-refractivity contribution in [1.29, 1.82) is 0 Å². The molecule has 0 unspecified atom stereocenters. The summed E-state index contributed by atoms with van der Waals surface area (Å²) in [5.74, 6) is -0.823. The minimum Gasteiger partial charge on any atom is -0.477 e. The lowest BCUT2D eigenvalue weighted by Gasteiger charge is -2.16. The van der Waals surface area contributed by atoms with E-state index in [1.807, 2.05) is 13.0 Å². The molecule has 2 aliphatic carbocycles. The molecule has 0 bridgehead atoms. The van der Waals surface area contributed by atoms with Gasteiger partial charge in [-0.15, -0.1) is 0 Å². The van der Waals surface area contributed by atoms with Crippen molar-refractivity contribution in [3.63, 3.8) is 0 Å². The molecule has 2 aliphatic rings. The Balaban J connectivity index is 1.95. The van der Waals surface area contributed by atoms with Gasteiger partial charge in [0.2, 0.25) is 0 Å². The first-order valence-corrected chi connectivity index (χ1v) is 8.52. The third-order valence-electron chi connectivity index (χ3n) is 5.21. The molecule has 3 N–H and O–H groups in total. The van der Waals surface area contributed by atoms with Crippen LogP contribution in [0.4, 0.5) is 0 Å². The number of nitrogens with zero attached hydrogens (tertiary/aromatic N) is 1. The number of aromatic carboxylic acids is 1. The second-order valence-corrected chi connectivity index (χ2v) is 6.87. The van der Waals surface area contributed by atoms with Gasteiger partial charge >= 0.3 is 5.97 Å². The van der Waals surface area contributed by atoms with Crippen molar-refractivity contribution in [2.75, 3.05) is 6.54 Å². The highest BCUT2D eigenvalue weighted by Gasteiger charge is 2.29. The largest absolute Gasteiger partial charge is 0.477 e. The van der Waals surface area contributed by atoms with Crippen LogP contribution in [0.5, 0.6) is 0 Å². The second-order valence-electron chi connectivity index (χ2n) is 6.87. The van der Waals surface area contributed by atoms with Gasteiger partial charge in [0.25, 0.3) is 5.56 Å². The second kappa shape index (κ2) is 5.70. The topological polar surface area (TPSA) is 84.8 Å². The van der Waals surface area contributed by atoms with E-state index in [1.54, 1.807) is 12.3 Å². The number of rotatable bonds is 4. The minimum absolute atomic E-state index is 0.154. The lowest BCUT2D eigenvalue weighted by molar-refractivity contribution is 0.0694. The van der Waals surface area contributed by atoms with Crippen LogP contribution < -0.4 is 11.3 Å². The first kappa shape index (κ1) is 15.8. The normalized spacial score (nSPS) is 16.9. The van der Waals surface area contributed by atoms with Crippen molar-refractivity contribution < 1.29 is 9.90 Å². The fourth-order valence-corrected chi connectivity index (χ4v) is 3.71. The predicted octanol–water partition coefficient (Wildman–Crippen LogP) is 2.86. The van der Waals surface area contributed by atoms with Crippen LogP contribution in [0.15, 0.2) is 40.8 Å². The van der Waals surface area contributed by atoms with Gasteiger partial charge in [0.15, 0.2) is 0 Å². The van der Waals surface area contributed by atoms with Gasteiger partial charge in [-0.2, -0.15) is 0 Å². The van der Waals surface area contributed by atoms with Gasteiger partial charge in [0, 0.05) is 12.7 Å². The Hall–Kier alpha value is -2.66. The fraction of sp³-hybridized carbons (Fsp3) is 0.300. The number of fused-ring (bicyclic) bond motifs is 1. The lowest BCUT2D eigenvalue weighted by atomic mass is 9.95. The zero-order valence-electron chi connectivity index (χ0n) is 14.1. The minimum atomic E-state index is -1.17. The third-order valence-corrected chi connectivity index (χ3v) is 5.21. The molecule has 0 radical (unpaired) electrons. The number of hydrogen-bond donors (Lipinski definition) is 2. The van der Waals surface area contributed by atoms with E-state index in [4.69, 9.17) is 5.73 Å². The number of pyridine rings is 2. The first-order valence-electron chi connectivity index (χ1n) is 8.52. The number of allylic oxidation sites excluding steroid dienone is 3. The van der Waals surface area contributed by atoms with Gasteiger partial charge in [0.1, 0.15) is 5.56 Å². The van der Waals surface area contributed by atoms with E-state index in [2.05, 4.69) is 12.2 Å². The van der Waals surface area contributed by atoms with Crippen LogP contribution in [0.3, 0.4) is 0 Å². The molecular formula is C20H20N2O3. The van der Waals surface area contributed by atoms with Crippen molar-refractivity contribution in [2.45, 2.75) is 32.1 Å². The highest BCUT2D eigenvalue weighted by atomic mass is 16.4. The maximum Gasteiger partial charge on any atom is 0.341 e. The molecule has 0 aromatic carbocycles. The SMILES string of the molecule is Cc1c(C2=CC=C(CN)C2)ccn2c(=O)c(C(=O)O)cc(C3CC3)c12. The number of nitrogens with two attached hydrogens (primary N) is 1. The van der Waals surface area contributed by atoms with Gasteiger partial charge in [-0.1, -0.05) is 17.7 Å². The van der Waals surface area contributed by atoms with E-state index in [1.165, 1.54) is 15.5 Å². The van der Waals surface area contributed by atoms with Crippen LogP contribution in [0.2, 0.25) is 0 Å². The zero-order chi connectivity index (χ0) is 17.7. The molecular weight excluding hydrogens is 316 g/mol. The quantitative estimate of drug-likeness (QED) is 0.899. The van der Waals surface area contributed by atoms with E-state index < -0.39 is 11.5 Å². The molecule has 5 nitrogen and oxygen atoms in total.